The highest BCUT2D eigenvalue weighted by molar-refractivity contribution is 6.45. The second-order valence-corrected chi connectivity index (χ2v) is 12.1. The van der Waals surface area contributed by atoms with Crippen LogP contribution in [0.2, 0.25) is 0 Å². The zero-order valence-electron chi connectivity index (χ0n) is 18.9. The van der Waals surface area contributed by atoms with Gasteiger partial charge in [0.2, 0.25) is 0 Å². The van der Waals surface area contributed by atoms with E-state index in [-0.39, 0.29) is 57.0 Å². The average molecular weight is 445 g/mol. The van der Waals surface area contributed by atoms with E-state index in [4.69, 9.17) is 11.6 Å². The first kappa shape index (κ1) is 21.4. The molecule has 0 saturated heterocycles. The molecular formula is C26H33ClO4. The lowest BCUT2D eigenvalue weighted by Gasteiger charge is -2.69. The Balaban J connectivity index is 1.69. The van der Waals surface area contributed by atoms with Crippen LogP contribution in [0.5, 0.6) is 0 Å². The molecule has 6 rings (SSSR count). The van der Waals surface area contributed by atoms with E-state index in [1.807, 2.05) is 6.92 Å². The number of aliphatic carboxylic acids is 1. The van der Waals surface area contributed by atoms with Gasteiger partial charge in [0.15, 0.2) is 11.6 Å². The summed E-state index contributed by atoms with van der Waals surface area (Å²) in [5, 5.41) is 10.2. The molecule has 5 heteroatoms. The van der Waals surface area contributed by atoms with Crippen LogP contribution in [0.1, 0.15) is 66.2 Å². The Morgan fingerprint density at radius 1 is 1.16 bits per heavy atom. The highest BCUT2D eigenvalue weighted by Gasteiger charge is 2.71. The molecule has 6 aliphatic rings. The van der Waals surface area contributed by atoms with Gasteiger partial charge in [0.25, 0.3) is 0 Å². The van der Waals surface area contributed by atoms with E-state index < -0.39 is 11.4 Å². The van der Waals surface area contributed by atoms with Gasteiger partial charge in [-0.2, -0.15) is 0 Å². The summed E-state index contributed by atoms with van der Waals surface area (Å²) in [5.41, 5.74) is 0.0634. The number of Topliss-reactive ketones (excluding diaryl/α,β-unsaturated/α-hetero) is 1. The fourth-order valence-electron chi connectivity index (χ4n) is 9.07. The quantitative estimate of drug-likeness (QED) is 0.578. The van der Waals surface area contributed by atoms with Crippen LogP contribution in [-0.4, -0.2) is 22.6 Å². The SMILES string of the molecule is CC(C)C1=C[C@@]23CC[C@H]4[C@](C)(CCC[C@@]4(C)C(=O)O)[C@@H]2C[C@H]1[C@@H]1C(=O)C=C(Cl)C(=O)[C@@H]13. The van der Waals surface area contributed by atoms with E-state index in [9.17, 15) is 19.5 Å². The molecule has 0 unspecified atom stereocenters. The Bertz CT molecular complexity index is 947. The topological polar surface area (TPSA) is 71.4 Å². The van der Waals surface area contributed by atoms with E-state index in [1.54, 1.807) is 0 Å². The summed E-state index contributed by atoms with van der Waals surface area (Å²) in [4.78, 5) is 39.0. The number of rotatable bonds is 2. The fraction of sp³-hybridized carbons (Fsp3) is 0.731. The van der Waals surface area contributed by atoms with Crippen LogP contribution in [0.3, 0.4) is 0 Å². The van der Waals surface area contributed by atoms with Crippen LogP contribution in [0, 0.1) is 51.8 Å². The van der Waals surface area contributed by atoms with Crippen molar-refractivity contribution in [2.24, 2.45) is 51.8 Å². The molecule has 2 bridgehead atoms. The molecule has 31 heavy (non-hydrogen) atoms. The van der Waals surface area contributed by atoms with Crippen LogP contribution in [0.15, 0.2) is 22.8 Å². The zero-order valence-corrected chi connectivity index (χ0v) is 19.7. The van der Waals surface area contributed by atoms with Crippen molar-refractivity contribution in [3.05, 3.63) is 22.8 Å². The lowest BCUT2D eigenvalue weighted by Crippen LogP contribution is -2.67. The van der Waals surface area contributed by atoms with Gasteiger partial charge < -0.3 is 5.11 Å². The number of allylic oxidation sites excluding steroid dienone is 4. The van der Waals surface area contributed by atoms with Crippen LogP contribution in [0.4, 0.5) is 0 Å². The second kappa shape index (κ2) is 6.56. The molecule has 3 saturated carbocycles. The summed E-state index contributed by atoms with van der Waals surface area (Å²) >= 11 is 6.30. The lowest BCUT2D eigenvalue weighted by atomic mass is 9.33. The summed E-state index contributed by atoms with van der Waals surface area (Å²) in [5.74, 6) is -0.748. The molecule has 8 atom stereocenters. The number of carboxylic acid groups (broad SMARTS) is 1. The van der Waals surface area contributed by atoms with E-state index in [0.717, 1.165) is 38.5 Å². The molecule has 0 heterocycles. The first-order valence-electron chi connectivity index (χ1n) is 11.9. The molecule has 3 fully saturated rings. The first-order valence-corrected chi connectivity index (χ1v) is 12.3. The highest BCUT2D eigenvalue weighted by Crippen LogP contribution is 2.74. The van der Waals surface area contributed by atoms with E-state index in [0.29, 0.717) is 5.92 Å². The first-order chi connectivity index (χ1) is 14.5. The number of carbonyl (C=O) groups excluding carboxylic acids is 2. The second-order valence-electron chi connectivity index (χ2n) is 11.7. The smallest absolute Gasteiger partial charge is 0.309 e. The summed E-state index contributed by atoms with van der Waals surface area (Å²) < 4.78 is 0. The molecule has 4 nitrogen and oxygen atoms in total. The van der Waals surface area contributed by atoms with Crippen molar-refractivity contribution in [1.29, 1.82) is 0 Å². The monoisotopic (exact) mass is 444 g/mol. The maximum absolute atomic E-state index is 13.4. The Hall–Kier alpha value is -1.42. The van der Waals surface area contributed by atoms with Crippen LogP contribution in [-0.2, 0) is 14.4 Å². The number of ketones is 2. The summed E-state index contributed by atoms with van der Waals surface area (Å²) in [6.45, 7) is 8.58. The van der Waals surface area contributed by atoms with E-state index in [2.05, 4.69) is 26.8 Å². The van der Waals surface area contributed by atoms with Crippen molar-refractivity contribution in [2.75, 3.05) is 0 Å². The van der Waals surface area contributed by atoms with Crippen molar-refractivity contribution in [3.8, 4) is 0 Å². The molecule has 0 radical (unpaired) electrons. The number of hydrogen-bond donors (Lipinski definition) is 1. The normalized spacial score (nSPS) is 48.5. The van der Waals surface area contributed by atoms with Gasteiger partial charge >= 0.3 is 5.97 Å². The van der Waals surface area contributed by atoms with Crippen molar-refractivity contribution in [1.82, 2.24) is 0 Å². The zero-order chi connectivity index (χ0) is 22.5. The lowest BCUT2D eigenvalue weighted by molar-refractivity contribution is -0.197. The van der Waals surface area contributed by atoms with Gasteiger partial charge in [0, 0.05) is 23.3 Å². The molecule has 1 spiro atoms. The van der Waals surface area contributed by atoms with Gasteiger partial charge in [0.1, 0.15) is 0 Å². The minimum absolute atomic E-state index is 0.00923. The van der Waals surface area contributed by atoms with Gasteiger partial charge in [-0.05, 0) is 68.1 Å². The van der Waals surface area contributed by atoms with Crippen LogP contribution in [0.25, 0.3) is 0 Å². The Labute approximate surface area is 189 Å². The van der Waals surface area contributed by atoms with Gasteiger partial charge in [0.05, 0.1) is 10.4 Å². The molecule has 0 aliphatic heterocycles. The summed E-state index contributed by atoms with van der Waals surface area (Å²) in [6, 6.07) is 0. The molecule has 0 aromatic carbocycles. The minimum Gasteiger partial charge on any atom is -0.481 e. The summed E-state index contributed by atoms with van der Waals surface area (Å²) in [6.07, 6.45) is 8.80. The van der Waals surface area contributed by atoms with E-state index in [1.165, 1.54) is 11.6 Å². The van der Waals surface area contributed by atoms with Crippen molar-refractivity contribution >= 4 is 29.1 Å². The van der Waals surface area contributed by atoms with Gasteiger partial charge in [-0.25, -0.2) is 0 Å². The maximum Gasteiger partial charge on any atom is 0.309 e. The predicted molar refractivity (Wildman–Crippen MR) is 118 cm³/mol. The Kier molecular flexibility index (Phi) is 4.53. The van der Waals surface area contributed by atoms with Gasteiger partial charge in [-0.3, -0.25) is 14.4 Å². The predicted octanol–water partition coefficient (Wildman–Crippen LogP) is 5.40. The standard InChI is InChI=1S/C26H33ClO4/c1-13(2)15-12-26-9-6-18-24(3,7-5-8-25(18,4)23(30)31)19(26)10-14(15)20-17(28)11-16(27)22(29)21(20)26/h11-14,18-21H,5-10H2,1-4H3,(H,30,31)/t14-,18+,19+,20-,21-,24+,25-,26+/m1/s1. The number of halogens is 1. The molecule has 0 aromatic heterocycles. The fourth-order valence-corrected chi connectivity index (χ4v) is 9.30. The molecule has 168 valence electrons. The van der Waals surface area contributed by atoms with Crippen molar-refractivity contribution < 1.29 is 19.5 Å². The van der Waals surface area contributed by atoms with E-state index >= 15 is 0 Å². The van der Waals surface area contributed by atoms with Crippen LogP contribution < -0.4 is 0 Å². The molecule has 0 amide bonds. The molecular weight excluding hydrogens is 412 g/mol. The highest BCUT2D eigenvalue weighted by atomic mass is 35.5. The third-order valence-electron chi connectivity index (χ3n) is 10.3. The maximum atomic E-state index is 13.4. The van der Waals surface area contributed by atoms with Crippen LogP contribution >= 0.6 is 11.6 Å². The Morgan fingerprint density at radius 3 is 2.52 bits per heavy atom. The van der Waals surface area contributed by atoms with Crippen molar-refractivity contribution in [3.63, 3.8) is 0 Å². The molecule has 6 aliphatic carbocycles. The van der Waals surface area contributed by atoms with Gasteiger partial charge in [-0.1, -0.05) is 50.4 Å². The molecule has 1 N–H and O–H groups in total. The number of carboxylic acids is 1. The number of hydrogen-bond acceptors (Lipinski definition) is 3. The largest absolute Gasteiger partial charge is 0.481 e. The third kappa shape index (κ3) is 2.52. The summed E-state index contributed by atoms with van der Waals surface area (Å²) in [7, 11) is 0. The average Bonchev–Trinajstić information content (AvgIpc) is 2.70. The van der Waals surface area contributed by atoms with Crippen molar-refractivity contribution in [2.45, 2.75) is 66.2 Å². The number of carbonyl (C=O) groups is 3. The third-order valence-corrected chi connectivity index (χ3v) is 10.6. The minimum atomic E-state index is -0.723. The molecule has 0 aromatic rings. The Morgan fingerprint density at radius 2 is 1.87 bits per heavy atom. The van der Waals surface area contributed by atoms with Gasteiger partial charge in [-0.15, -0.1) is 0 Å². The number of fused-ring (bicyclic) bond motifs is 1.